The molecule has 0 radical (unpaired) electrons. The summed E-state index contributed by atoms with van der Waals surface area (Å²) in [6.45, 7) is 0. The molecule has 0 saturated heterocycles. The number of rotatable bonds is 4. The molecule has 0 aliphatic rings. The number of hydrogen-bond donors (Lipinski definition) is 0. The monoisotopic (exact) mass is 265 g/mol. The van der Waals surface area contributed by atoms with Crippen molar-refractivity contribution in [3.05, 3.63) is 48.3 Å². The molecule has 4 heteroatoms. The standard InChI is InChI=1S/C13H12ClNOS/c1-17-12-4-2-11(3-5-12)16-13-9-15-7-6-10(13)8-14/h2-7,9H,8H2,1H3. The summed E-state index contributed by atoms with van der Waals surface area (Å²) in [5.41, 5.74) is 0.940. The smallest absolute Gasteiger partial charge is 0.150 e. The van der Waals surface area contributed by atoms with Crippen molar-refractivity contribution in [2.24, 2.45) is 0 Å². The Morgan fingerprint density at radius 3 is 2.65 bits per heavy atom. The average Bonchev–Trinajstić information content (AvgIpc) is 2.40. The minimum Gasteiger partial charge on any atom is -0.455 e. The van der Waals surface area contributed by atoms with Crippen LogP contribution >= 0.6 is 23.4 Å². The van der Waals surface area contributed by atoms with E-state index in [1.165, 1.54) is 4.90 Å². The Morgan fingerprint density at radius 2 is 2.00 bits per heavy atom. The molecule has 0 bridgehead atoms. The van der Waals surface area contributed by atoms with Crippen molar-refractivity contribution < 1.29 is 4.74 Å². The lowest BCUT2D eigenvalue weighted by atomic mass is 10.3. The maximum Gasteiger partial charge on any atom is 0.150 e. The highest BCUT2D eigenvalue weighted by atomic mass is 35.5. The second-order valence-electron chi connectivity index (χ2n) is 3.39. The highest BCUT2D eigenvalue weighted by Gasteiger charge is 2.03. The summed E-state index contributed by atoms with van der Waals surface area (Å²) in [4.78, 5) is 5.24. The van der Waals surface area contributed by atoms with Crippen LogP contribution in [0.1, 0.15) is 5.56 Å². The second-order valence-corrected chi connectivity index (χ2v) is 4.54. The van der Waals surface area contributed by atoms with Gasteiger partial charge in [-0.1, -0.05) is 0 Å². The van der Waals surface area contributed by atoms with Gasteiger partial charge >= 0.3 is 0 Å². The van der Waals surface area contributed by atoms with Crippen LogP contribution in [0.2, 0.25) is 0 Å². The number of benzene rings is 1. The van der Waals surface area contributed by atoms with Gasteiger partial charge in [0.05, 0.1) is 12.1 Å². The van der Waals surface area contributed by atoms with Gasteiger partial charge in [-0.25, -0.2) is 0 Å². The molecule has 1 heterocycles. The average molecular weight is 266 g/mol. The van der Waals surface area contributed by atoms with Gasteiger partial charge in [0.25, 0.3) is 0 Å². The number of alkyl halides is 1. The first-order valence-electron chi connectivity index (χ1n) is 5.14. The summed E-state index contributed by atoms with van der Waals surface area (Å²) in [6, 6.07) is 9.79. The normalized spacial score (nSPS) is 10.2. The molecule has 0 unspecified atom stereocenters. The van der Waals surface area contributed by atoms with Crippen molar-refractivity contribution in [1.29, 1.82) is 0 Å². The van der Waals surface area contributed by atoms with Gasteiger partial charge in [-0.05, 0) is 36.6 Å². The fourth-order valence-corrected chi connectivity index (χ4v) is 2.01. The van der Waals surface area contributed by atoms with E-state index in [4.69, 9.17) is 16.3 Å². The van der Waals surface area contributed by atoms with Gasteiger partial charge in [-0.2, -0.15) is 0 Å². The van der Waals surface area contributed by atoms with E-state index in [0.29, 0.717) is 11.6 Å². The van der Waals surface area contributed by atoms with Crippen LogP contribution in [0.5, 0.6) is 11.5 Å². The summed E-state index contributed by atoms with van der Waals surface area (Å²) < 4.78 is 5.74. The molecule has 2 rings (SSSR count). The van der Waals surface area contributed by atoms with Crippen LogP contribution in [0.3, 0.4) is 0 Å². The quantitative estimate of drug-likeness (QED) is 0.607. The van der Waals surface area contributed by atoms with Crippen LogP contribution in [-0.4, -0.2) is 11.2 Å². The van der Waals surface area contributed by atoms with Crippen LogP contribution in [-0.2, 0) is 5.88 Å². The third-order valence-corrected chi connectivity index (χ3v) is 3.33. The lowest BCUT2D eigenvalue weighted by Gasteiger charge is -2.08. The lowest BCUT2D eigenvalue weighted by molar-refractivity contribution is 0.475. The van der Waals surface area contributed by atoms with E-state index in [2.05, 4.69) is 4.98 Å². The number of halogens is 1. The minimum atomic E-state index is 0.417. The largest absolute Gasteiger partial charge is 0.455 e. The second kappa shape index (κ2) is 5.94. The molecule has 17 heavy (non-hydrogen) atoms. The van der Waals surface area contributed by atoms with E-state index in [0.717, 1.165) is 11.3 Å². The third kappa shape index (κ3) is 3.14. The number of ether oxygens (including phenoxy) is 1. The van der Waals surface area contributed by atoms with Crippen LogP contribution in [0.25, 0.3) is 0 Å². The maximum atomic E-state index is 5.83. The van der Waals surface area contributed by atoms with Crippen molar-refractivity contribution in [3.8, 4) is 11.5 Å². The molecule has 0 spiro atoms. The van der Waals surface area contributed by atoms with Crippen molar-refractivity contribution in [2.45, 2.75) is 10.8 Å². The first kappa shape index (κ1) is 12.3. The van der Waals surface area contributed by atoms with Crippen molar-refractivity contribution in [1.82, 2.24) is 4.98 Å². The van der Waals surface area contributed by atoms with Gasteiger partial charge in [-0.15, -0.1) is 23.4 Å². The number of thioether (sulfide) groups is 1. The Balaban J connectivity index is 2.19. The molecule has 0 aliphatic carbocycles. The molecular formula is C13H12ClNOS. The summed E-state index contributed by atoms with van der Waals surface area (Å²) in [5, 5.41) is 0. The first-order valence-corrected chi connectivity index (χ1v) is 6.90. The molecule has 0 aliphatic heterocycles. The number of nitrogens with zero attached hydrogens (tertiary/aromatic N) is 1. The summed E-state index contributed by atoms with van der Waals surface area (Å²) >= 11 is 7.54. The molecule has 0 amide bonds. The topological polar surface area (TPSA) is 22.1 Å². The Bertz CT molecular complexity index is 487. The van der Waals surface area contributed by atoms with Crippen LogP contribution in [0, 0.1) is 0 Å². The molecule has 1 aromatic carbocycles. The SMILES string of the molecule is CSc1ccc(Oc2cnccc2CCl)cc1. The minimum absolute atomic E-state index is 0.417. The summed E-state index contributed by atoms with van der Waals surface area (Å²) in [7, 11) is 0. The van der Waals surface area contributed by atoms with Crippen molar-refractivity contribution in [2.75, 3.05) is 6.26 Å². The van der Waals surface area contributed by atoms with Gasteiger partial charge < -0.3 is 4.74 Å². The summed E-state index contributed by atoms with van der Waals surface area (Å²) in [5.74, 6) is 1.92. The fraction of sp³-hybridized carbons (Fsp3) is 0.154. The van der Waals surface area contributed by atoms with Gasteiger partial charge in [-0.3, -0.25) is 4.98 Å². The molecule has 1 aromatic heterocycles. The van der Waals surface area contributed by atoms with Crippen molar-refractivity contribution in [3.63, 3.8) is 0 Å². The first-order chi connectivity index (χ1) is 8.33. The number of aromatic nitrogens is 1. The third-order valence-electron chi connectivity index (χ3n) is 2.30. The number of hydrogen-bond acceptors (Lipinski definition) is 3. The zero-order valence-electron chi connectivity index (χ0n) is 9.39. The Labute approximate surface area is 110 Å². The Morgan fingerprint density at radius 1 is 1.24 bits per heavy atom. The van der Waals surface area contributed by atoms with Crippen LogP contribution < -0.4 is 4.74 Å². The van der Waals surface area contributed by atoms with E-state index in [9.17, 15) is 0 Å². The van der Waals surface area contributed by atoms with E-state index in [-0.39, 0.29) is 0 Å². The molecule has 0 N–H and O–H groups in total. The van der Waals surface area contributed by atoms with Gasteiger partial charge in [0, 0.05) is 16.7 Å². The lowest BCUT2D eigenvalue weighted by Crippen LogP contribution is -1.90. The van der Waals surface area contributed by atoms with Crippen LogP contribution in [0.4, 0.5) is 0 Å². The molecule has 0 atom stereocenters. The molecule has 2 nitrogen and oxygen atoms in total. The molecule has 88 valence electrons. The molecule has 0 fully saturated rings. The van der Waals surface area contributed by atoms with E-state index in [1.54, 1.807) is 24.2 Å². The number of pyridine rings is 1. The zero-order valence-corrected chi connectivity index (χ0v) is 11.0. The Kier molecular flexibility index (Phi) is 4.29. The fourth-order valence-electron chi connectivity index (χ4n) is 1.38. The summed E-state index contributed by atoms with van der Waals surface area (Å²) in [6.07, 6.45) is 5.43. The van der Waals surface area contributed by atoms with Gasteiger partial charge in [0.2, 0.25) is 0 Å². The van der Waals surface area contributed by atoms with E-state index >= 15 is 0 Å². The van der Waals surface area contributed by atoms with Gasteiger partial charge in [0.15, 0.2) is 0 Å². The van der Waals surface area contributed by atoms with Crippen LogP contribution in [0.15, 0.2) is 47.6 Å². The molecular weight excluding hydrogens is 254 g/mol. The van der Waals surface area contributed by atoms with E-state index in [1.807, 2.05) is 36.6 Å². The predicted octanol–water partition coefficient (Wildman–Crippen LogP) is 4.33. The molecule has 2 aromatic rings. The van der Waals surface area contributed by atoms with Gasteiger partial charge in [0.1, 0.15) is 11.5 Å². The zero-order chi connectivity index (χ0) is 12.1. The van der Waals surface area contributed by atoms with Crippen molar-refractivity contribution >= 4 is 23.4 Å². The van der Waals surface area contributed by atoms with E-state index < -0.39 is 0 Å². The Hall–Kier alpha value is -1.19. The predicted molar refractivity (Wildman–Crippen MR) is 72.1 cm³/mol. The highest BCUT2D eigenvalue weighted by molar-refractivity contribution is 7.98. The highest BCUT2D eigenvalue weighted by Crippen LogP contribution is 2.27. The maximum absolute atomic E-state index is 5.83. The molecule has 0 saturated carbocycles.